The number of benzene rings is 2. The topological polar surface area (TPSA) is 42.0 Å². The molecule has 2 aromatic rings. The highest BCUT2D eigenvalue weighted by molar-refractivity contribution is 5.87. The molecular weight excluding hydrogens is 352 g/mol. The van der Waals surface area contributed by atoms with Crippen LogP contribution in [0.15, 0.2) is 48.5 Å². The summed E-state index contributed by atoms with van der Waals surface area (Å²) in [6.45, 7) is 2.32. The minimum Gasteiger partial charge on any atom is -0.497 e. The molecule has 2 aliphatic rings. The van der Waals surface area contributed by atoms with Gasteiger partial charge in [-0.1, -0.05) is 6.42 Å². The number of carbonyl (C=O) groups is 1. The van der Waals surface area contributed by atoms with Crippen LogP contribution in [0.25, 0.3) is 0 Å². The quantitative estimate of drug-likeness (QED) is 0.798. The fourth-order valence-corrected chi connectivity index (χ4v) is 4.51. The van der Waals surface area contributed by atoms with Crippen molar-refractivity contribution in [2.45, 2.75) is 25.7 Å². The lowest BCUT2D eigenvalue weighted by Crippen LogP contribution is -2.60. The molecule has 1 saturated carbocycles. The van der Waals surface area contributed by atoms with Gasteiger partial charge < -0.3 is 19.3 Å². The van der Waals surface area contributed by atoms with Gasteiger partial charge in [-0.2, -0.15) is 0 Å². The maximum Gasteiger partial charge on any atom is 0.142 e. The summed E-state index contributed by atoms with van der Waals surface area (Å²) in [6, 6.07) is 16.3. The van der Waals surface area contributed by atoms with E-state index >= 15 is 0 Å². The van der Waals surface area contributed by atoms with E-state index in [-0.39, 0.29) is 5.41 Å². The average molecular weight is 380 g/mol. The highest BCUT2D eigenvalue weighted by Gasteiger charge is 2.45. The second-order valence-corrected chi connectivity index (χ2v) is 7.84. The van der Waals surface area contributed by atoms with E-state index in [9.17, 15) is 4.79 Å². The Bertz CT molecular complexity index is 761. The number of carbonyl (C=O) groups excluding carboxylic acids is 1. The summed E-state index contributed by atoms with van der Waals surface area (Å²) in [7, 11) is 3.36. The molecule has 2 fully saturated rings. The summed E-state index contributed by atoms with van der Waals surface area (Å²) < 4.78 is 10.6. The molecule has 5 nitrogen and oxygen atoms in total. The summed E-state index contributed by atoms with van der Waals surface area (Å²) >= 11 is 0. The number of anilines is 2. The van der Waals surface area contributed by atoms with E-state index < -0.39 is 0 Å². The van der Waals surface area contributed by atoms with Gasteiger partial charge in [0.1, 0.15) is 17.3 Å². The lowest BCUT2D eigenvalue weighted by atomic mass is 9.71. The van der Waals surface area contributed by atoms with Crippen LogP contribution < -0.4 is 19.3 Å². The molecule has 5 heteroatoms. The number of ether oxygens (including phenoxy) is 2. The molecule has 0 aromatic heterocycles. The number of methoxy groups -OCH3 is 2. The van der Waals surface area contributed by atoms with Gasteiger partial charge in [0.25, 0.3) is 0 Å². The third-order valence-corrected chi connectivity index (χ3v) is 6.10. The predicted molar refractivity (Wildman–Crippen MR) is 111 cm³/mol. The van der Waals surface area contributed by atoms with Gasteiger partial charge in [-0.05, 0) is 61.4 Å². The molecular formula is C23H28N2O3. The van der Waals surface area contributed by atoms with Crippen molar-refractivity contribution in [1.29, 1.82) is 0 Å². The Hall–Kier alpha value is -2.69. The molecule has 0 unspecified atom stereocenters. The first-order valence-electron chi connectivity index (χ1n) is 9.95. The van der Waals surface area contributed by atoms with Gasteiger partial charge in [-0.25, -0.2) is 0 Å². The lowest BCUT2D eigenvalue weighted by Gasteiger charge is -2.50. The van der Waals surface area contributed by atoms with E-state index in [2.05, 4.69) is 34.1 Å². The molecule has 1 saturated heterocycles. The third kappa shape index (κ3) is 3.53. The van der Waals surface area contributed by atoms with Crippen LogP contribution in [0.1, 0.15) is 25.7 Å². The zero-order valence-electron chi connectivity index (χ0n) is 16.7. The molecule has 1 aliphatic carbocycles. The smallest absolute Gasteiger partial charge is 0.142 e. The second kappa shape index (κ2) is 7.74. The zero-order chi connectivity index (χ0) is 19.6. The number of ketones is 1. The summed E-state index contributed by atoms with van der Waals surface area (Å²) in [5.41, 5.74) is 1.95. The van der Waals surface area contributed by atoms with Crippen LogP contribution in [-0.4, -0.2) is 39.8 Å². The minimum absolute atomic E-state index is 0.295. The maximum absolute atomic E-state index is 13.0. The Morgan fingerprint density at radius 3 is 1.71 bits per heavy atom. The fourth-order valence-electron chi connectivity index (χ4n) is 4.51. The Balaban J connectivity index is 1.66. The number of Topliss-reactive ketones (excluding diaryl/α,β-unsaturated/α-hetero) is 1. The molecule has 28 heavy (non-hydrogen) atoms. The SMILES string of the molecule is COc1ccc(N2CN(c3ccc(OC)cc3)CC3(CCCCC3=O)C2)cc1. The van der Waals surface area contributed by atoms with Crippen LogP contribution in [0.5, 0.6) is 11.5 Å². The Kier molecular flexibility index (Phi) is 5.16. The first-order valence-corrected chi connectivity index (χ1v) is 9.95. The maximum atomic E-state index is 13.0. The summed E-state index contributed by atoms with van der Waals surface area (Å²) in [5, 5.41) is 0. The van der Waals surface area contributed by atoms with Crippen molar-refractivity contribution in [2.24, 2.45) is 5.41 Å². The summed E-state index contributed by atoms with van der Waals surface area (Å²) in [4.78, 5) is 17.7. The fraction of sp³-hybridized carbons (Fsp3) is 0.435. The van der Waals surface area contributed by atoms with Gasteiger partial charge in [0.2, 0.25) is 0 Å². The van der Waals surface area contributed by atoms with Crippen LogP contribution >= 0.6 is 0 Å². The molecule has 0 atom stereocenters. The first-order chi connectivity index (χ1) is 13.6. The molecule has 2 aromatic carbocycles. The number of hydrogen-bond acceptors (Lipinski definition) is 5. The van der Waals surface area contributed by atoms with Crippen molar-refractivity contribution in [1.82, 2.24) is 0 Å². The standard InChI is InChI=1S/C23H28N2O3/c1-27-20-10-6-18(7-11-20)24-15-23(14-4-3-5-22(23)26)16-25(17-24)19-8-12-21(28-2)13-9-19/h6-13H,3-5,14-17H2,1-2H3. The molecule has 0 bridgehead atoms. The predicted octanol–water partition coefficient (Wildman–Crippen LogP) is 4.12. The Labute approximate surface area is 166 Å². The molecule has 1 heterocycles. The van der Waals surface area contributed by atoms with Crippen molar-refractivity contribution in [3.63, 3.8) is 0 Å². The molecule has 0 amide bonds. The van der Waals surface area contributed by atoms with Gasteiger partial charge in [-0.15, -0.1) is 0 Å². The molecule has 1 aliphatic heterocycles. The van der Waals surface area contributed by atoms with Gasteiger partial charge >= 0.3 is 0 Å². The van der Waals surface area contributed by atoms with Crippen molar-refractivity contribution in [3.05, 3.63) is 48.5 Å². The summed E-state index contributed by atoms with van der Waals surface area (Å²) in [5.74, 6) is 2.10. The van der Waals surface area contributed by atoms with Crippen LogP contribution in [0.4, 0.5) is 11.4 Å². The van der Waals surface area contributed by atoms with E-state index in [0.29, 0.717) is 12.2 Å². The lowest BCUT2D eigenvalue weighted by molar-refractivity contribution is -0.130. The molecule has 1 spiro atoms. The van der Waals surface area contributed by atoms with Gasteiger partial charge in [0, 0.05) is 30.9 Å². The van der Waals surface area contributed by atoms with Crippen molar-refractivity contribution in [2.75, 3.05) is 43.8 Å². The van der Waals surface area contributed by atoms with Crippen molar-refractivity contribution in [3.8, 4) is 11.5 Å². The first kappa shape index (κ1) is 18.7. The van der Waals surface area contributed by atoms with E-state index in [0.717, 1.165) is 61.9 Å². The normalized spacial score (nSPS) is 19.0. The molecule has 0 radical (unpaired) electrons. The summed E-state index contributed by atoms with van der Waals surface area (Å²) in [6.07, 6.45) is 3.81. The Morgan fingerprint density at radius 1 is 0.786 bits per heavy atom. The zero-order valence-corrected chi connectivity index (χ0v) is 16.7. The number of hydrogen-bond donors (Lipinski definition) is 0. The Morgan fingerprint density at radius 2 is 1.29 bits per heavy atom. The van der Waals surface area contributed by atoms with E-state index in [4.69, 9.17) is 9.47 Å². The van der Waals surface area contributed by atoms with E-state index in [1.165, 1.54) is 0 Å². The van der Waals surface area contributed by atoms with Crippen LogP contribution in [0.3, 0.4) is 0 Å². The average Bonchev–Trinajstić information content (AvgIpc) is 2.76. The second-order valence-electron chi connectivity index (χ2n) is 7.84. The van der Waals surface area contributed by atoms with Crippen LogP contribution in [-0.2, 0) is 4.79 Å². The van der Waals surface area contributed by atoms with Crippen LogP contribution in [0.2, 0.25) is 0 Å². The highest BCUT2D eigenvalue weighted by atomic mass is 16.5. The molecule has 0 N–H and O–H groups in total. The highest BCUT2D eigenvalue weighted by Crippen LogP contribution is 2.40. The van der Waals surface area contributed by atoms with Crippen molar-refractivity contribution < 1.29 is 14.3 Å². The van der Waals surface area contributed by atoms with E-state index in [1.807, 2.05) is 24.3 Å². The van der Waals surface area contributed by atoms with Gasteiger partial charge in [0.15, 0.2) is 0 Å². The van der Waals surface area contributed by atoms with Crippen LogP contribution in [0, 0.1) is 5.41 Å². The number of nitrogens with zero attached hydrogens (tertiary/aromatic N) is 2. The minimum atomic E-state index is -0.295. The van der Waals surface area contributed by atoms with Crippen molar-refractivity contribution >= 4 is 17.2 Å². The molecule has 148 valence electrons. The van der Waals surface area contributed by atoms with Gasteiger partial charge in [0.05, 0.1) is 26.3 Å². The third-order valence-electron chi connectivity index (χ3n) is 6.10. The number of rotatable bonds is 4. The largest absolute Gasteiger partial charge is 0.497 e. The molecule has 4 rings (SSSR count). The monoisotopic (exact) mass is 380 g/mol. The van der Waals surface area contributed by atoms with Gasteiger partial charge in [-0.3, -0.25) is 4.79 Å². The van der Waals surface area contributed by atoms with E-state index in [1.54, 1.807) is 14.2 Å².